The van der Waals surface area contributed by atoms with E-state index in [-0.39, 0.29) is 6.54 Å². The molecule has 0 spiro atoms. The van der Waals surface area contributed by atoms with Crippen LogP contribution in [-0.4, -0.2) is 41.7 Å². The lowest BCUT2D eigenvalue weighted by Crippen LogP contribution is -2.38. The minimum Gasteiger partial charge on any atom is -0.323 e. The Balaban J connectivity index is 2.12. The Bertz CT molecular complexity index is 227. The molecule has 90 valence electrons. The first-order chi connectivity index (χ1) is 7.00. The second-order valence-electron chi connectivity index (χ2n) is 4.01. The summed E-state index contributed by atoms with van der Waals surface area (Å²) >= 11 is 0. The van der Waals surface area contributed by atoms with E-state index < -0.39 is 13.4 Å². The van der Waals surface area contributed by atoms with Crippen molar-refractivity contribution in [3.63, 3.8) is 0 Å². The number of nitrogens with one attached hydrogen (secondary N) is 2. The third-order valence-corrected chi connectivity index (χ3v) is 3.72. The lowest BCUT2D eigenvalue weighted by molar-refractivity contribution is 0.340. The van der Waals surface area contributed by atoms with Gasteiger partial charge < -0.3 is 26.2 Å². The van der Waals surface area contributed by atoms with Gasteiger partial charge in [0.15, 0.2) is 0 Å². The summed E-state index contributed by atoms with van der Waals surface area (Å²) in [6.07, 6.45) is 2.22. The maximum atomic E-state index is 10.7. The van der Waals surface area contributed by atoms with Gasteiger partial charge in [-0.25, -0.2) is 0 Å². The summed E-state index contributed by atoms with van der Waals surface area (Å²) in [5, 5.41) is 6.28. The topological polar surface area (TPSA) is 108 Å². The van der Waals surface area contributed by atoms with Crippen LogP contribution in [0.2, 0.25) is 0 Å². The average molecular weight is 237 g/mol. The summed E-state index contributed by atoms with van der Waals surface area (Å²) in [7, 11) is -4.12. The van der Waals surface area contributed by atoms with E-state index in [1.807, 2.05) is 0 Å². The van der Waals surface area contributed by atoms with Gasteiger partial charge in [0.25, 0.3) is 0 Å². The van der Waals surface area contributed by atoms with Gasteiger partial charge in [-0.1, -0.05) is 0 Å². The Morgan fingerprint density at radius 3 is 2.60 bits per heavy atom. The van der Waals surface area contributed by atoms with E-state index in [9.17, 15) is 4.57 Å². The van der Waals surface area contributed by atoms with E-state index in [0.29, 0.717) is 5.92 Å². The Morgan fingerprint density at radius 2 is 2.07 bits per heavy atom. The number of rotatable bonds is 5. The molecule has 0 saturated carbocycles. The van der Waals surface area contributed by atoms with Crippen molar-refractivity contribution in [1.82, 2.24) is 10.6 Å². The summed E-state index contributed by atoms with van der Waals surface area (Å²) in [5.74, 6) is -0.491. The van der Waals surface area contributed by atoms with E-state index in [2.05, 4.69) is 10.6 Å². The average Bonchev–Trinajstić information content (AvgIpc) is 2.18. The van der Waals surface area contributed by atoms with Gasteiger partial charge >= 0.3 is 7.60 Å². The molecule has 15 heavy (non-hydrogen) atoms. The standard InChI is InChI=1S/C8H20N3O3P/c9-8(15(12,13)14)6-11-5-7-1-3-10-4-2-7/h7-8,10-11H,1-6,9H2,(H2,12,13,14). The first kappa shape index (κ1) is 13.1. The van der Waals surface area contributed by atoms with Gasteiger partial charge in [0.2, 0.25) is 0 Å². The van der Waals surface area contributed by atoms with Gasteiger partial charge in [0.1, 0.15) is 5.78 Å². The highest BCUT2D eigenvalue weighted by molar-refractivity contribution is 7.52. The molecule has 6 N–H and O–H groups in total. The van der Waals surface area contributed by atoms with E-state index in [4.69, 9.17) is 15.5 Å². The summed E-state index contributed by atoms with van der Waals surface area (Å²) < 4.78 is 10.7. The molecule has 6 nitrogen and oxygen atoms in total. The van der Waals surface area contributed by atoms with E-state index in [1.54, 1.807) is 0 Å². The van der Waals surface area contributed by atoms with Crippen LogP contribution in [0.5, 0.6) is 0 Å². The van der Waals surface area contributed by atoms with E-state index in [0.717, 1.165) is 32.5 Å². The van der Waals surface area contributed by atoms with Crippen molar-refractivity contribution in [2.75, 3.05) is 26.2 Å². The van der Waals surface area contributed by atoms with Crippen LogP contribution in [0, 0.1) is 5.92 Å². The zero-order valence-corrected chi connectivity index (χ0v) is 9.62. The molecule has 1 atom stereocenters. The minimum atomic E-state index is -4.12. The van der Waals surface area contributed by atoms with Gasteiger partial charge in [-0.2, -0.15) is 0 Å². The van der Waals surface area contributed by atoms with Crippen LogP contribution in [0.1, 0.15) is 12.8 Å². The predicted octanol–water partition coefficient (Wildman–Crippen LogP) is -0.962. The maximum Gasteiger partial charge on any atom is 0.343 e. The molecule has 0 bridgehead atoms. The number of piperidine rings is 1. The second kappa shape index (κ2) is 5.94. The van der Waals surface area contributed by atoms with Crippen LogP contribution >= 0.6 is 7.60 Å². The van der Waals surface area contributed by atoms with Gasteiger partial charge in [-0.05, 0) is 38.4 Å². The molecule has 7 heteroatoms. The molecular formula is C8H20N3O3P. The van der Waals surface area contributed by atoms with Crippen LogP contribution in [0.3, 0.4) is 0 Å². The lowest BCUT2D eigenvalue weighted by Gasteiger charge is -2.23. The summed E-state index contributed by atoms with van der Waals surface area (Å²) in [6.45, 7) is 3.01. The molecule has 1 fully saturated rings. The van der Waals surface area contributed by atoms with E-state index in [1.165, 1.54) is 0 Å². The quantitative estimate of drug-likeness (QED) is 0.394. The highest BCUT2D eigenvalue weighted by Gasteiger charge is 2.24. The minimum absolute atomic E-state index is 0.175. The second-order valence-corrected chi connectivity index (χ2v) is 5.85. The molecule has 1 heterocycles. The molecule has 0 aromatic carbocycles. The SMILES string of the molecule is NC(CNCC1CCNCC1)P(=O)(O)O. The predicted molar refractivity (Wildman–Crippen MR) is 58.5 cm³/mol. The molecule has 0 aromatic heterocycles. The smallest absolute Gasteiger partial charge is 0.323 e. The van der Waals surface area contributed by atoms with E-state index >= 15 is 0 Å². The molecule has 1 rings (SSSR count). The number of hydrogen-bond donors (Lipinski definition) is 5. The highest BCUT2D eigenvalue weighted by Crippen LogP contribution is 2.37. The van der Waals surface area contributed by atoms with Crippen LogP contribution < -0.4 is 16.4 Å². The van der Waals surface area contributed by atoms with Crippen molar-refractivity contribution in [1.29, 1.82) is 0 Å². The monoisotopic (exact) mass is 237 g/mol. The fraction of sp³-hybridized carbons (Fsp3) is 1.00. The first-order valence-corrected chi connectivity index (χ1v) is 6.90. The molecule has 1 saturated heterocycles. The van der Waals surface area contributed by atoms with Crippen LogP contribution in [0.4, 0.5) is 0 Å². The Hall–Kier alpha value is 0.0300. The van der Waals surface area contributed by atoms with Gasteiger partial charge in [0.05, 0.1) is 0 Å². The zero-order valence-electron chi connectivity index (χ0n) is 8.72. The molecule has 1 aliphatic rings. The Labute approximate surface area is 89.8 Å². The third-order valence-electron chi connectivity index (χ3n) is 2.68. The highest BCUT2D eigenvalue weighted by atomic mass is 31.2. The molecule has 0 aliphatic carbocycles. The van der Waals surface area contributed by atoms with Crippen molar-refractivity contribution >= 4 is 7.60 Å². The normalized spacial score (nSPS) is 21.5. The van der Waals surface area contributed by atoms with Crippen LogP contribution in [0.15, 0.2) is 0 Å². The molecular weight excluding hydrogens is 217 g/mol. The maximum absolute atomic E-state index is 10.7. The van der Waals surface area contributed by atoms with Crippen molar-refractivity contribution < 1.29 is 14.4 Å². The lowest BCUT2D eigenvalue weighted by atomic mass is 9.98. The summed E-state index contributed by atoms with van der Waals surface area (Å²) in [5.41, 5.74) is 5.33. The van der Waals surface area contributed by atoms with Crippen molar-refractivity contribution in [2.45, 2.75) is 18.6 Å². The zero-order chi connectivity index (χ0) is 11.3. The van der Waals surface area contributed by atoms with Crippen molar-refractivity contribution in [3.05, 3.63) is 0 Å². The summed E-state index contributed by atoms with van der Waals surface area (Å²) in [4.78, 5) is 17.5. The first-order valence-electron chi connectivity index (χ1n) is 5.22. The van der Waals surface area contributed by atoms with Crippen LogP contribution in [0.25, 0.3) is 0 Å². The third kappa shape index (κ3) is 5.06. The fourth-order valence-corrected chi connectivity index (χ4v) is 2.01. The Kier molecular flexibility index (Phi) is 5.18. The Morgan fingerprint density at radius 1 is 1.47 bits per heavy atom. The molecule has 0 radical (unpaired) electrons. The molecule has 0 aromatic rings. The summed E-state index contributed by atoms with van der Waals surface area (Å²) in [6, 6.07) is 0. The van der Waals surface area contributed by atoms with Crippen molar-refractivity contribution in [2.24, 2.45) is 11.7 Å². The van der Waals surface area contributed by atoms with Gasteiger partial charge in [0, 0.05) is 6.54 Å². The molecule has 1 unspecified atom stereocenters. The van der Waals surface area contributed by atoms with Gasteiger partial charge in [-0.15, -0.1) is 0 Å². The van der Waals surface area contributed by atoms with Crippen LogP contribution in [-0.2, 0) is 4.57 Å². The number of hydrogen-bond acceptors (Lipinski definition) is 4. The number of nitrogens with two attached hydrogens (primary N) is 1. The van der Waals surface area contributed by atoms with Gasteiger partial charge in [-0.3, -0.25) is 4.57 Å². The van der Waals surface area contributed by atoms with Crippen molar-refractivity contribution in [3.8, 4) is 0 Å². The molecule has 1 aliphatic heterocycles. The fourth-order valence-electron chi connectivity index (χ4n) is 1.64. The largest absolute Gasteiger partial charge is 0.343 e. The molecule has 0 amide bonds.